The molecule has 2 aromatic carbocycles. The second kappa shape index (κ2) is 19.6. The first kappa shape index (κ1) is 40.0. The average Bonchev–Trinajstić information content (AvgIpc) is 3.05. The van der Waals surface area contributed by atoms with Crippen molar-refractivity contribution in [3.8, 4) is 0 Å². The van der Waals surface area contributed by atoms with Crippen LogP contribution in [0.1, 0.15) is 128 Å². The molecule has 2 rings (SSSR count). The van der Waals surface area contributed by atoms with E-state index >= 15 is 0 Å². The smallest absolute Gasteiger partial charge is 0.432 e. The van der Waals surface area contributed by atoms with Gasteiger partial charge in [-0.2, -0.15) is 0 Å². The van der Waals surface area contributed by atoms with Crippen LogP contribution in [0.3, 0.4) is 0 Å². The summed E-state index contributed by atoms with van der Waals surface area (Å²) in [5, 5.41) is 8.74. The Kier molecular flexibility index (Phi) is 16.3. The summed E-state index contributed by atoms with van der Waals surface area (Å²) in [5.41, 5.74) is 10.0. The first-order chi connectivity index (χ1) is 22.7. The quantitative estimate of drug-likeness (QED) is 0.0684. The van der Waals surface area contributed by atoms with Gasteiger partial charge < -0.3 is 9.47 Å². The number of rotatable bonds is 17. The second-order valence-corrected chi connectivity index (χ2v) is 12.1. The number of unbranched alkanes of at least 4 members (excludes halogenated alkanes) is 7. The Labute approximate surface area is 283 Å². The van der Waals surface area contributed by atoms with Crippen LogP contribution in [0.5, 0.6) is 0 Å². The Balaban J connectivity index is 1.46. The SMILES string of the molecule is Cc1c(C)c(C)c(C(=O)OOOC(=O)OCCCCCCCCCCOC(=O)OOOC(=O)c2c(C)c(C)c(C)c(C)c2C)c(C)c1C. The van der Waals surface area contributed by atoms with Crippen LogP contribution in [-0.2, 0) is 39.1 Å². The summed E-state index contributed by atoms with van der Waals surface area (Å²) in [6.07, 6.45) is 4.74. The number of carbonyl (C=O) groups excluding carboxylic acids is 4. The summed E-state index contributed by atoms with van der Waals surface area (Å²) in [7, 11) is 0. The molecule has 0 atom stereocenters. The van der Waals surface area contributed by atoms with Gasteiger partial charge in [-0.05, 0) is 138 Å². The number of hydrogen-bond donors (Lipinski definition) is 0. The van der Waals surface area contributed by atoms with E-state index in [0.29, 0.717) is 24.0 Å². The minimum atomic E-state index is -1.09. The van der Waals surface area contributed by atoms with E-state index in [1.165, 1.54) is 0 Å². The van der Waals surface area contributed by atoms with Crippen LogP contribution in [0, 0.1) is 69.2 Å². The first-order valence-electron chi connectivity index (χ1n) is 16.3. The van der Waals surface area contributed by atoms with Gasteiger partial charge in [-0.25, -0.2) is 29.0 Å². The molecule has 0 radical (unpaired) electrons. The van der Waals surface area contributed by atoms with Crippen molar-refractivity contribution in [3.63, 3.8) is 0 Å². The van der Waals surface area contributed by atoms with Gasteiger partial charge in [0.25, 0.3) is 0 Å². The Morgan fingerprint density at radius 3 is 0.896 bits per heavy atom. The lowest BCUT2D eigenvalue weighted by atomic mass is 9.90. The van der Waals surface area contributed by atoms with Gasteiger partial charge in [-0.15, -0.1) is 0 Å². The third kappa shape index (κ3) is 11.2. The molecule has 0 aromatic heterocycles. The highest BCUT2D eigenvalue weighted by molar-refractivity contribution is 5.94. The van der Waals surface area contributed by atoms with Crippen molar-refractivity contribution >= 4 is 24.2 Å². The van der Waals surface area contributed by atoms with Gasteiger partial charge in [0.15, 0.2) is 0 Å². The predicted molar refractivity (Wildman–Crippen MR) is 175 cm³/mol. The Bertz CT molecular complexity index is 1290. The number of benzene rings is 2. The molecule has 0 N–H and O–H groups in total. The molecule has 0 aliphatic rings. The molecule has 0 amide bonds. The zero-order valence-electron chi connectivity index (χ0n) is 30.0. The van der Waals surface area contributed by atoms with Gasteiger partial charge in [0.2, 0.25) is 0 Å². The fourth-order valence-corrected chi connectivity index (χ4v) is 5.47. The zero-order chi connectivity index (χ0) is 36.0. The van der Waals surface area contributed by atoms with Crippen molar-refractivity contribution < 1.29 is 58.3 Å². The van der Waals surface area contributed by atoms with Crippen LogP contribution in [0.15, 0.2) is 0 Å². The molecular weight excluding hydrogens is 624 g/mol. The molecule has 0 spiro atoms. The number of hydrogen-bond acceptors (Lipinski definition) is 12. The minimum absolute atomic E-state index is 0.144. The summed E-state index contributed by atoms with van der Waals surface area (Å²) < 4.78 is 9.88. The van der Waals surface area contributed by atoms with Crippen molar-refractivity contribution in [2.45, 2.75) is 121 Å². The molecule has 48 heavy (non-hydrogen) atoms. The topological polar surface area (TPSA) is 142 Å². The molecule has 12 nitrogen and oxygen atoms in total. The summed E-state index contributed by atoms with van der Waals surface area (Å²) in [4.78, 5) is 66.5. The fourth-order valence-electron chi connectivity index (χ4n) is 5.47. The van der Waals surface area contributed by atoms with Crippen molar-refractivity contribution in [2.75, 3.05) is 13.2 Å². The summed E-state index contributed by atoms with van der Waals surface area (Å²) >= 11 is 0. The van der Waals surface area contributed by atoms with Crippen molar-refractivity contribution in [1.82, 2.24) is 0 Å². The molecular formula is C36H50O12. The van der Waals surface area contributed by atoms with Gasteiger partial charge in [-0.1, -0.05) is 38.5 Å². The largest absolute Gasteiger partial charge is 0.543 e. The lowest BCUT2D eigenvalue weighted by Crippen LogP contribution is -2.15. The minimum Gasteiger partial charge on any atom is -0.432 e. The van der Waals surface area contributed by atoms with Gasteiger partial charge in [0.1, 0.15) is 0 Å². The van der Waals surface area contributed by atoms with Crippen LogP contribution in [0.25, 0.3) is 0 Å². The molecule has 0 saturated carbocycles. The highest BCUT2D eigenvalue weighted by atomic mass is 17.5. The van der Waals surface area contributed by atoms with Crippen molar-refractivity contribution in [3.05, 3.63) is 66.8 Å². The molecule has 0 heterocycles. The van der Waals surface area contributed by atoms with Gasteiger partial charge in [0, 0.05) is 0 Å². The molecule has 12 heteroatoms. The van der Waals surface area contributed by atoms with E-state index in [9.17, 15) is 19.2 Å². The highest BCUT2D eigenvalue weighted by Crippen LogP contribution is 2.28. The van der Waals surface area contributed by atoms with E-state index in [4.69, 9.17) is 9.47 Å². The Morgan fingerprint density at radius 2 is 0.604 bits per heavy atom. The first-order valence-corrected chi connectivity index (χ1v) is 16.3. The maximum atomic E-state index is 12.5. The zero-order valence-corrected chi connectivity index (χ0v) is 30.0. The van der Waals surface area contributed by atoms with Crippen LogP contribution in [0.4, 0.5) is 9.59 Å². The molecule has 0 aliphatic carbocycles. The monoisotopic (exact) mass is 674 g/mol. The van der Waals surface area contributed by atoms with Crippen molar-refractivity contribution in [2.24, 2.45) is 0 Å². The predicted octanol–water partition coefficient (Wildman–Crippen LogP) is 8.91. The average molecular weight is 675 g/mol. The Hall–Kier alpha value is -4.16. The van der Waals surface area contributed by atoms with Crippen LogP contribution in [0.2, 0.25) is 0 Å². The van der Waals surface area contributed by atoms with E-state index in [-0.39, 0.29) is 13.2 Å². The van der Waals surface area contributed by atoms with E-state index in [1.54, 1.807) is 0 Å². The number of ether oxygens (including phenoxy) is 2. The molecule has 0 fully saturated rings. The second-order valence-electron chi connectivity index (χ2n) is 12.1. The Morgan fingerprint density at radius 1 is 0.354 bits per heavy atom. The van der Waals surface area contributed by atoms with E-state index in [0.717, 1.165) is 94.2 Å². The molecule has 0 unspecified atom stereocenters. The van der Waals surface area contributed by atoms with Gasteiger partial charge >= 0.3 is 24.2 Å². The number of carbonyl (C=O) groups is 4. The highest BCUT2D eigenvalue weighted by Gasteiger charge is 2.23. The fraction of sp³-hybridized carbons (Fsp3) is 0.556. The molecule has 2 aromatic rings. The summed E-state index contributed by atoms with van der Waals surface area (Å²) in [6, 6.07) is 0. The maximum Gasteiger partial charge on any atom is 0.543 e. The summed E-state index contributed by atoms with van der Waals surface area (Å²) in [6.45, 7) is 19.3. The molecule has 0 saturated heterocycles. The third-order valence-electron chi connectivity index (χ3n) is 9.31. The third-order valence-corrected chi connectivity index (χ3v) is 9.31. The van der Waals surface area contributed by atoms with Gasteiger partial charge in [-0.3, -0.25) is 9.78 Å². The molecule has 266 valence electrons. The van der Waals surface area contributed by atoms with Crippen LogP contribution < -0.4 is 0 Å². The van der Waals surface area contributed by atoms with E-state index in [2.05, 4.69) is 29.6 Å². The van der Waals surface area contributed by atoms with E-state index in [1.807, 2.05) is 69.2 Å². The normalized spacial score (nSPS) is 10.8. The molecule has 0 bridgehead atoms. The van der Waals surface area contributed by atoms with Gasteiger partial charge in [0.05, 0.1) is 34.4 Å². The maximum absolute atomic E-state index is 12.5. The summed E-state index contributed by atoms with van der Waals surface area (Å²) in [5.74, 6) is -1.50. The standard InChI is InChI=1S/C36H50O12/c1-21-23(3)27(7)31(28(8)24(21)4)33(37)43-47-45-35(39)41-19-17-15-13-11-12-14-16-18-20-42-36(40)46-48-44-34(38)32-29(9)25(5)22(2)26(6)30(32)10/h11-20H2,1-10H3. The lowest BCUT2D eigenvalue weighted by Gasteiger charge is -2.16. The van der Waals surface area contributed by atoms with Crippen LogP contribution in [-0.4, -0.2) is 37.5 Å². The lowest BCUT2D eigenvalue weighted by molar-refractivity contribution is -0.452. The van der Waals surface area contributed by atoms with E-state index < -0.39 is 24.2 Å². The van der Waals surface area contributed by atoms with Crippen molar-refractivity contribution in [1.29, 1.82) is 0 Å². The van der Waals surface area contributed by atoms with Crippen LogP contribution >= 0.6 is 0 Å². The molecule has 0 aliphatic heterocycles.